The Morgan fingerprint density at radius 3 is 2.87 bits per heavy atom. The van der Waals surface area contributed by atoms with Crippen LogP contribution in [0.3, 0.4) is 0 Å². The average Bonchev–Trinajstić information content (AvgIpc) is 2.57. The Hall–Kier alpha value is -0.540. The van der Waals surface area contributed by atoms with Crippen LogP contribution in [0.15, 0.2) is 6.07 Å². The van der Waals surface area contributed by atoms with Crippen molar-refractivity contribution < 1.29 is 4.74 Å². The number of methoxy groups -OCH3 is 1. The molecular formula is C11H19ClN2O. The van der Waals surface area contributed by atoms with E-state index >= 15 is 0 Å². The van der Waals surface area contributed by atoms with Crippen molar-refractivity contribution in [3.05, 3.63) is 17.5 Å². The smallest absolute Gasteiger partial charge is 0.0626 e. The summed E-state index contributed by atoms with van der Waals surface area (Å²) in [7, 11) is 3.66. The summed E-state index contributed by atoms with van der Waals surface area (Å²) in [5.74, 6) is 0. The van der Waals surface area contributed by atoms with Gasteiger partial charge in [0.25, 0.3) is 0 Å². The molecule has 1 atom stereocenters. The van der Waals surface area contributed by atoms with Crippen LogP contribution in [0.2, 0.25) is 0 Å². The SMILES string of the molecule is CCc1cc(CCC(Cl)COC)n(C)n1. The summed E-state index contributed by atoms with van der Waals surface area (Å²) in [5.41, 5.74) is 2.39. The lowest BCUT2D eigenvalue weighted by molar-refractivity contribution is 0.195. The van der Waals surface area contributed by atoms with Gasteiger partial charge >= 0.3 is 0 Å². The second-order valence-corrected chi connectivity index (χ2v) is 4.31. The van der Waals surface area contributed by atoms with E-state index in [0.717, 1.165) is 25.0 Å². The first-order chi connectivity index (χ1) is 7.17. The molecule has 1 aromatic rings. The first-order valence-electron chi connectivity index (χ1n) is 5.32. The van der Waals surface area contributed by atoms with Crippen LogP contribution in [-0.2, 0) is 24.6 Å². The van der Waals surface area contributed by atoms with Crippen LogP contribution in [0.5, 0.6) is 0 Å². The zero-order valence-corrected chi connectivity index (χ0v) is 10.4. The fourth-order valence-electron chi connectivity index (χ4n) is 1.55. The molecule has 0 radical (unpaired) electrons. The maximum absolute atomic E-state index is 6.07. The van der Waals surface area contributed by atoms with Crippen LogP contribution in [0, 0.1) is 0 Å². The third-order valence-electron chi connectivity index (χ3n) is 2.45. The van der Waals surface area contributed by atoms with E-state index < -0.39 is 0 Å². The molecule has 15 heavy (non-hydrogen) atoms. The van der Waals surface area contributed by atoms with Crippen LogP contribution in [-0.4, -0.2) is 28.9 Å². The van der Waals surface area contributed by atoms with E-state index in [0.29, 0.717) is 6.61 Å². The fourth-order valence-corrected chi connectivity index (χ4v) is 1.78. The summed E-state index contributed by atoms with van der Waals surface area (Å²) < 4.78 is 6.93. The van der Waals surface area contributed by atoms with E-state index in [1.54, 1.807) is 7.11 Å². The van der Waals surface area contributed by atoms with Gasteiger partial charge in [-0.05, 0) is 25.3 Å². The number of aromatic nitrogens is 2. The van der Waals surface area contributed by atoms with Crippen molar-refractivity contribution in [2.24, 2.45) is 7.05 Å². The van der Waals surface area contributed by atoms with Crippen molar-refractivity contribution in [2.75, 3.05) is 13.7 Å². The van der Waals surface area contributed by atoms with Gasteiger partial charge in [-0.25, -0.2) is 0 Å². The van der Waals surface area contributed by atoms with Gasteiger partial charge in [-0.15, -0.1) is 11.6 Å². The molecule has 0 aliphatic rings. The quantitative estimate of drug-likeness (QED) is 0.701. The predicted molar refractivity (Wildman–Crippen MR) is 62.4 cm³/mol. The van der Waals surface area contributed by atoms with Crippen molar-refractivity contribution in [3.8, 4) is 0 Å². The van der Waals surface area contributed by atoms with Gasteiger partial charge in [0.05, 0.1) is 17.7 Å². The topological polar surface area (TPSA) is 27.1 Å². The maximum atomic E-state index is 6.07. The Bertz CT molecular complexity index is 299. The van der Waals surface area contributed by atoms with E-state index in [4.69, 9.17) is 16.3 Å². The first-order valence-corrected chi connectivity index (χ1v) is 5.75. The fraction of sp³-hybridized carbons (Fsp3) is 0.727. The van der Waals surface area contributed by atoms with E-state index in [-0.39, 0.29) is 5.38 Å². The molecule has 86 valence electrons. The molecule has 0 spiro atoms. The average molecular weight is 231 g/mol. The molecule has 0 amide bonds. The lowest BCUT2D eigenvalue weighted by Crippen LogP contribution is -2.09. The van der Waals surface area contributed by atoms with Gasteiger partial charge in [0.1, 0.15) is 0 Å². The largest absolute Gasteiger partial charge is 0.383 e. The second-order valence-electron chi connectivity index (χ2n) is 3.70. The molecule has 0 fully saturated rings. The third kappa shape index (κ3) is 3.84. The van der Waals surface area contributed by atoms with Gasteiger partial charge in [-0.2, -0.15) is 5.10 Å². The summed E-state index contributed by atoms with van der Waals surface area (Å²) in [4.78, 5) is 0. The highest BCUT2D eigenvalue weighted by Gasteiger charge is 2.08. The van der Waals surface area contributed by atoms with E-state index in [1.807, 2.05) is 11.7 Å². The van der Waals surface area contributed by atoms with Crippen molar-refractivity contribution in [3.63, 3.8) is 0 Å². The highest BCUT2D eigenvalue weighted by molar-refractivity contribution is 6.20. The molecule has 0 aliphatic heterocycles. The van der Waals surface area contributed by atoms with Crippen molar-refractivity contribution in [2.45, 2.75) is 31.6 Å². The minimum absolute atomic E-state index is 0.0926. The van der Waals surface area contributed by atoms with Gasteiger partial charge in [-0.1, -0.05) is 6.92 Å². The summed E-state index contributed by atoms with van der Waals surface area (Å²) >= 11 is 6.07. The third-order valence-corrected chi connectivity index (χ3v) is 2.79. The number of aryl methyl sites for hydroxylation is 3. The molecule has 0 aromatic carbocycles. The highest BCUT2D eigenvalue weighted by atomic mass is 35.5. The number of nitrogens with zero attached hydrogens (tertiary/aromatic N) is 2. The number of alkyl halides is 1. The molecule has 1 unspecified atom stereocenters. The first kappa shape index (κ1) is 12.5. The summed E-state index contributed by atoms with van der Waals surface area (Å²) in [6, 6.07) is 2.15. The summed E-state index contributed by atoms with van der Waals surface area (Å²) in [5, 5.41) is 4.49. The molecule has 1 heterocycles. The van der Waals surface area contributed by atoms with E-state index in [9.17, 15) is 0 Å². The van der Waals surface area contributed by atoms with Crippen molar-refractivity contribution >= 4 is 11.6 Å². The van der Waals surface area contributed by atoms with Crippen LogP contribution >= 0.6 is 11.6 Å². The Balaban J connectivity index is 2.46. The van der Waals surface area contributed by atoms with E-state index in [2.05, 4.69) is 18.1 Å². The van der Waals surface area contributed by atoms with Gasteiger partial charge < -0.3 is 4.74 Å². The minimum Gasteiger partial charge on any atom is -0.383 e. The standard InChI is InChI=1S/C11H19ClN2O/c1-4-10-7-11(14(2)13-10)6-5-9(12)8-15-3/h7,9H,4-6,8H2,1-3H3. The lowest BCUT2D eigenvalue weighted by atomic mass is 10.2. The van der Waals surface area contributed by atoms with Gasteiger partial charge in [0.2, 0.25) is 0 Å². The minimum atomic E-state index is 0.0926. The number of hydrogen-bond acceptors (Lipinski definition) is 2. The lowest BCUT2D eigenvalue weighted by Gasteiger charge is -2.07. The number of ether oxygens (including phenoxy) is 1. The highest BCUT2D eigenvalue weighted by Crippen LogP contribution is 2.11. The monoisotopic (exact) mass is 230 g/mol. The Kier molecular flexibility index (Phi) is 5.12. The molecule has 3 nitrogen and oxygen atoms in total. The summed E-state index contributed by atoms with van der Waals surface area (Å²) in [6.45, 7) is 2.72. The Labute approximate surface area is 96.4 Å². The second kappa shape index (κ2) is 6.13. The molecule has 1 rings (SSSR count). The predicted octanol–water partition coefficient (Wildman–Crippen LogP) is 2.17. The molecule has 0 saturated heterocycles. The molecule has 0 N–H and O–H groups in total. The van der Waals surface area contributed by atoms with Crippen LogP contribution in [0.25, 0.3) is 0 Å². The van der Waals surface area contributed by atoms with Gasteiger partial charge in [0.15, 0.2) is 0 Å². The van der Waals surface area contributed by atoms with Crippen LogP contribution < -0.4 is 0 Å². The molecule has 1 aromatic heterocycles. The molecule has 0 aliphatic carbocycles. The van der Waals surface area contributed by atoms with Crippen LogP contribution in [0.1, 0.15) is 24.7 Å². The normalized spacial score (nSPS) is 13.1. The Morgan fingerprint density at radius 2 is 2.33 bits per heavy atom. The number of halogens is 1. The van der Waals surface area contributed by atoms with Gasteiger partial charge in [-0.3, -0.25) is 4.68 Å². The Morgan fingerprint density at radius 1 is 1.60 bits per heavy atom. The van der Waals surface area contributed by atoms with Crippen molar-refractivity contribution in [1.29, 1.82) is 0 Å². The summed E-state index contributed by atoms with van der Waals surface area (Å²) in [6.07, 6.45) is 2.87. The molecule has 0 saturated carbocycles. The molecule has 4 heteroatoms. The number of rotatable bonds is 6. The maximum Gasteiger partial charge on any atom is 0.0626 e. The zero-order valence-electron chi connectivity index (χ0n) is 9.66. The van der Waals surface area contributed by atoms with E-state index in [1.165, 1.54) is 5.69 Å². The molecular weight excluding hydrogens is 212 g/mol. The zero-order chi connectivity index (χ0) is 11.3. The van der Waals surface area contributed by atoms with Crippen LogP contribution in [0.4, 0.5) is 0 Å². The van der Waals surface area contributed by atoms with Gasteiger partial charge in [0, 0.05) is 19.9 Å². The van der Waals surface area contributed by atoms with Crippen molar-refractivity contribution in [1.82, 2.24) is 9.78 Å². The number of hydrogen-bond donors (Lipinski definition) is 0. The molecule has 0 bridgehead atoms.